The molecular formula is C30H34O3. The summed E-state index contributed by atoms with van der Waals surface area (Å²) in [5, 5.41) is 0. The Hall–Kier alpha value is -2.39. The average molecular weight is 443 g/mol. The lowest BCUT2D eigenvalue weighted by Gasteiger charge is -2.58. The van der Waals surface area contributed by atoms with E-state index in [4.69, 9.17) is 9.47 Å². The first-order valence-electron chi connectivity index (χ1n) is 12.4. The van der Waals surface area contributed by atoms with Crippen LogP contribution in [0.25, 0.3) is 0 Å². The van der Waals surface area contributed by atoms with Gasteiger partial charge in [0, 0.05) is 17.9 Å². The van der Waals surface area contributed by atoms with Gasteiger partial charge in [0.05, 0.1) is 19.1 Å². The summed E-state index contributed by atoms with van der Waals surface area (Å²) in [5.74, 6) is 2.00. The predicted octanol–water partition coefficient (Wildman–Crippen LogP) is 5.87. The second-order valence-electron chi connectivity index (χ2n) is 10.9. The zero-order valence-corrected chi connectivity index (χ0v) is 20.1. The van der Waals surface area contributed by atoms with Crippen molar-refractivity contribution in [2.45, 2.75) is 57.0 Å². The molecule has 0 spiro atoms. The van der Waals surface area contributed by atoms with Crippen molar-refractivity contribution in [2.75, 3.05) is 14.2 Å². The number of hydrogen-bond acceptors (Lipinski definition) is 3. The quantitative estimate of drug-likeness (QED) is 0.556. The van der Waals surface area contributed by atoms with Crippen molar-refractivity contribution in [1.82, 2.24) is 0 Å². The van der Waals surface area contributed by atoms with Gasteiger partial charge in [-0.25, -0.2) is 0 Å². The number of Topliss-reactive ketones (excluding diaryl/α,β-unsaturated/α-hetero) is 1. The molecule has 4 aliphatic rings. The molecule has 4 aliphatic carbocycles. The molecule has 0 radical (unpaired) electrons. The highest BCUT2D eigenvalue weighted by molar-refractivity contribution is 5.84. The van der Waals surface area contributed by atoms with Crippen LogP contribution in [0.5, 0.6) is 5.75 Å². The largest absolute Gasteiger partial charge is 0.497 e. The van der Waals surface area contributed by atoms with Gasteiger partial charge in [-0.1, -0.05) is 55.5 Å². The maximum absolute atomic E-state index is 13.4. The van der Waals surface area contributed by atoms with Crippen molar-refractivity contribution in [3.8, 4) is 5.75 Å². The van der Waals surface area contributed by atoms with Gasteiger partial charge in [-0.05, 0) is 78.7 Å². The molecule has 3 heteroatoms. The number of methoxy groups -OCH3 is 2. The normalized spacial score (nSPS) is 40.1. The van der Waals surface area contributed by atoms with Crippen LogP contribution in [0.4, 0.5) is 0 Å². The Bertz CT molecular complexity index is 1140. The summed E-state index contributed by atoms with van der Waals surface area (Å²) in [6.07, 6.45) is 9.25. The van der Waals surface area contributed by atoms with Gasteiger partial charge in [-0.15, -0.1) is 0 Å². The standard InChI is InChI=1S/C30H34O3/c1-19(31)26-27(33-4)30-17-16-29(26,21-8-6-5-7-9-21)28(30,2)15-14-24-23-12-11-22(32-3)18-20(23)10-13-25(24)30/h5-9,11-12,16-18,24-27H,10,13-15H2,1-4H3/t24-,25-,26-,27+,28-,29+,30-/m1/s1. The highest BCUT2D eigenvalue weighted by Crippen LogP contribution is 2.80. The number of rotatable bonds is 4. The Morgan fingerprint density at radius 3 is 2.52 bits per heavy atom. The number of benzene rings is 2. The third kappa shape index (κ3) is 2.32. The van der Waals surface area contributed by atoms with Crippen LogP contribution >= 0.6 is 0 Å². The number of aryl methyl sites for hydroxylation is 1. The summed E-state index contributed by atoms with van der Waals surface area (Å²) in [4.78, 5) is 13.4. The third-order valence-electron chi connectivity index (χ3n) is 10.2. The number of hydrogen-bond donors (Lipinski definition) is 0. The van der Waals surface area contributed by atoms with Crippen molar-refractivity contribution in [2.24, 2.45) is 22.7 Å². The van der Waals surface area contributed by atoms with E-state index in [0.717, 1.165) is 31.4 Å². The van der Waals surface area contributed by atoms with Crippen molar-refractivity contribution in [3.63, 3.8) is 0 Å². The van der Waals surface area contributed by atoms with Gasteiger partial charge < -0.3 is 9.47 Å². The molecule has 0 N–H and O–H groups in total. The molecule has 0 heterocycles. The van der Waals surface area contributed by atoms with Crippen molar-refractivity contribution in [3.05, 3.63) is 77.4 Å². The molecule has 2 aromatic carbocycles. The van der Waals surface area contributed by atoms with Crippen molar-refractivity contribution >= 4 is 5.78 Å². The van der Waals surface area contributed by atoms with Gasteiger partial charge in [0.15, 0.2) is 0 Å². The molecule has 0 aromatic heterocycles. The molecule has 2 bridgehead atoms. The molecule has 0 amide bonds. The Morgan fingerprint density at radius 2 is 1.82 bits per heavy atom. The summed E-state index contributed by atoms with van der Waals surface area (Å²) >= 11 is 0. The lowest BCUT2D eigenvalue weighted by molar-refractivity contribution is -0.130. The Kier molecular flexibility index (Phi) is 4.52. The summed E-state index contributed by atoms with van der Waals surface area (Å²) in [7, 11) is 3.57. The van der Waals surface area contributed by atoms with Crippen LogP contribution in [-0.4, -0.2) is 26.1 Å². The minimum Gasteiger partial charge on any atom is -0.497 e. The number of carbonyl (C=O) groups is 1. The number of allylic oxidation sites excluding steroid dienone is 1. The molecule has 33 heavy (non-hydrogen) atoms. The zero-order chi connectivity index (χ0) is 23.0. The number of fused-ring (bicyclic) bond motifs is 3. The molecule has 6 rings (SSSR count). The van der Waals surface area contributed by atoms with Gasteiger partial charge in [0.25, 0.3) is 0 Å². The smallest absolute Gasteiger partial charge is 0.136 e. The Labute approximate surface area is 197 Å². The minimum absolute atomic E-state index is 0.0521. The third-order valence-corrected chi connectivity index (χ3v) is 10.2. The van der Waals surface area contributed by atoms with Crippen LogP contribution in [0.15, 0.2) is 60.7 Å². The molecule has 0 aliphatic heterocycles. The molecule has 2 aromatic rings. The molecular weight excluding hydrogens is 408 g/mol. The maximum atomic E-state index is 13.4. The molecule has 2 fully saturated rings. The van der Waals surface area contributed by atoms with Crippen molar-refractivity contribution in [1.29, 1.82) is 0 Å². The predicted molar refractivity (Wildman–Crippen MR) is 130 cm³/mol. The maximum Gasteiger partial charge on any atom is 0.136 e. The van der Waals surface area contributed by atoms with E-state index >= 15 is 0 Å². The lowest BCUT2D eigenvalue weighted by Crippen LogP contribution is -2.54. The van der Waals surface area contributed by atoms with Gasteiger partial charge in [0.1, 0.15) is 11.5 Å². The summed E-state index contributed by atoms with van der Waals surface area (Å²) < 4.78 is 11.9. The number of ketones is 1. The van der Waals surface area contributed by atoms with Crippen LogP contribution in [-0.2, 0) is 21.4 Å². The fourth-order valence-corrected chi connectivity index (χ4v) is 9.09. The van der Waals surface area contributed by atoms with E-state index in [1.807, 2.05) is 7.11 Å². The first-order valence-corrected chi connectivity index (χ1v) is 12.4. The van der Waals surface area contributed by atoms with Crippen LogP contribution in [0, 0.1) is 22.7 Å². The van der Waals surface area contributed by atoms with E-state index in [0.29, 0.717) is 11.8 Å². The minimum atomic E-state index is -0.314. The van der Waals surface area contributed by atoms with E-state index in [2.05, 4.69) is 67.6 Å². The molecule has 172 valence electrons. The second kappa shape index (κ2) is 7.06. The van der Waals surface area contributed by atoms with E-state index in [-0.39, 0.29) is 34.1 Å². The molecule has 3 nitrogen and oxygen atoms in total. The van der Waals surface area contributed by atoms with E-state index in [1.54, 1.807) is 14.0 Å². The van der Waals surface area contributed by atoms with Crippen LogP contribution < -0.4 is 4.74 Å². The van der Waals surface area contributed by atoms with E-state index in [9.17, 15) is 4.79 Å². The molecule has 0 saturated heterocycles. The van der Waals surface area contributed by atoms with Gasteiger partial charge in [0.2, 0.25) is 0 Å². The first-order chi connectivity index (χ1) is 15.9. The summed E-state index contributed by atoms with van der Waals surface area (Å²) in [5.41, 5.74) is 3.67. The molecule has 0 unspecified atom stereocenters. The van der Waals surface area contributed by atoms with E-state index in [1.165, 1.54) is 16.7 Å². The molecule has 2 saturated carbocycles. The number of ether oxygens (including phenoxy) is 2. The van der Waals surface area contributed by atoms with Crippen LogP contribution in [0.3, 0.4) is 0 Å². The fraction of sp³-hybridized carbons (Fsp3) is 0.500. The van der Waals surface area contributed by atoms with Gasteiger partial charge in [-0.2, -0.15) is 0 Å². The SMILES string of the molecule is COc1ccc2c(c1)CC[C@@H]1[C@@H]2CC[C@@]2(C)[C@]13C=C[C@]2(c1ccccc1)[C@H](C(C)=O)[C@@H]3OC. The lowest BCUT2D eigenvalue weighted by atomic mass is 9.45. The number of carbonyl (C=O) groups excluding carboxylic acids is 1. The zero-order valence-electron chi connectivity index (χ0n) is 20.1. The summed E-state index contributed by atoms with van der Waals surface area (Å²) in [6.45, 7) is 4.25. The Morgan fingerprint density at radius 1 is 1.03 bits per heavy atom. The van der Waals surface area contributed by atoms with Crippen LogP contribution in [0.2, 0.25) is 0 Å². The highest BCUT2D eigenvalue weighted by atomic mass is 16.5. The highest BCUT2D eigenvalue weighted by Gasteiger charge is 2.80. The first kappa shape index (κ1) is 21.2. The summed E-state index contributed by atoms with van der Waals surface area (Å²) in [6, 6.07) is 17.4. The topological polar surface area (TPSA) is 35.5 Å². The van der Waals surface area contributed by atoms with Gasteiger partial charge >= 0.3 is 0 Å². The monoisotopic (exact) mass is 442 g/mol. The Balaban J connectivity index is 1.55. The molecule has 7 atom stereocenters. The second-order valence-corrected chi connectivity index (χ2v) is 10.9. The van der Waals surface area contributed by atoms with Crippen LogP contribution in [0.1, 0.15) is 55.7 Å². The van der Waals surface area contributed by atoms with E-state index < -0.39 is 0 Å². The van der Waals surface area contributed by atoms with Crippen molar-refractivity contribution < 1.29 is 14.3 Å². The van der Waals surface area contributed by atoms with Gasteiger partial charge in [-0.3, -0.25) is 4.79 Å². The fourth-order valence-electron chi connectivity index (χ4n) is 9.09. The average Bonchev–Trinajstić information content (AvgIpc) is 3.23.